The van der Waals surface area contributed by atoms with E-state index in [4.69, 9.17) is 4.74 Å². The number of phenols is 1. The van der Waals surface area contributed by atoms with Crippen LogP contribution in [0.4, 0.5) is 0 Å². The Hall–Kier alpha value is -6.52. The van der Waals surface area contributed by atoms with Crippen LogP contribution >= 0.6 is 0 Å². The smallest absolute Gasteiger partial charge is 0.119 e. The summed E-state index contributed by atoms with van der Waals surface area (Å²) in [6, 6.07) is 59.3. The number of ether oxygens (including phenoxy) is 1. The predicted molar refractivity (Wildman–Crippen MR) is 202 cm³/mol. The van der Waals surface area contributed by atoms with Crippen LogP contribution in [0.25, 0.3) is 77.6 Å². The number of phenolic OH excluding ortho intramolecular Hbond substituents is 1. The molecule has 0 atom stereocenters. The number of benzene rings is 7. The van der Waals surface area contributed by atoms with Crippen molar-refractivity contribution in [1.29, 1.82) is 0 Å². The van der Waals surface area contributed by atoms with Crippen molar-refractivity contribution in [1.82, 2.24) is 9.13 Å². The quantitative estimate of drug-likeness (QED) is 0.198. The monoisotopic (exact) mass is 632 g/mol. The van der Waals surface area contributed by atoms with Gasteiger partial charge in [-0.25, -0.2) is 0 Å². The van der Waals surface area contributed by atoms with E-state index in [9.17, 15) is 5.11 Å². The molecule has 0 saturated carbocycles. The second kappa shape index (κ2) is 11.6. The van der Waals surface area contributed by atoms with E-state index in [0.717, 1.165) is 61.6 Å². The third kappa shape index (κ3) is 4.93. The molecule has 1 N–H and O–H groups in total. The van der Waals surface area contributed by atoms with E-state index in [2.05, 4.69) is 137 Å². The number of hydrogen-bond donors (Lipinski definition) is 1. The maximum absolute atomic E-state index is 10.1. The van der Waals surface area contributed by atoms with Crippen molar-refractivity contribution in [2.24, 2.45) is 0 Å². The summed E-state index contributed by atoms with van der Waals surface area (Å²) in [6.45, 7) is 0. The third-order valence-corrected chi connectivity index (χ3v) is 9.52. The van der Waals surface area contributed by atoms with Crippen molar-refractivity contribution in [3.05, 3.63) is 170 Å². The highest BCUT2D eigenvalue weighted by Crippen LogP contribution is 2.39. The maximum Gasteiger partial charge on any atom is 0.119 e. The fourth-order valence-electron chi connectivity index (χ4n) is 7.12. The van der Waals surface area contributed by atoms with Crippen molar-refractivity contribution >= 4 is 32.6 Å². The molecule has 0 radical (unpaired) electrons. The summed E-state index contributed by atoms with van der Waals surface area (Å²) in [4.78, 5) is 0. The second-order valence-electron chi connectivity index (χ2n) is 12.4. The number of rotatable bonds is 6. The topological polar surface area (TPSA) is 39.3 Å². The molecule has 0 fully saturated rings. The van der Waals surface area contributed by atoms with Gasteiger partial charge in [0.1, 0.15) is 11.5 Å². The van der Waals surface area contributed by atoms with E-state index in [-0.39, 0.29) is 5.75 Å². The lowest BCUT2D eigenvalue weighted by atomic mass is 10.0. The summed E-state index contributed by atoms with van der Waals surface area (Å²) in [5.41, 5.74) is 11.1. The average Bonchev–Trinajstić information content (AvgIpc) is 3.74. The zero-order valence-corrected chi connectivity index (χ0v) is 26.9. The van der Waals surface area contributed by atoms with Gasteiger partial charge in [-0.15, -0.1) is 0 Å². The molecule has 7 aromatic carbocycles. The van der Waals surface area contributed by atoms with E-state index in [1.54, 1.807) is 19.2 Å². The molecular formula is C45H32N2O2. The summed E-state index contributed by atoms with van der Waals surface area (Å²) in [6.07, 6.45) is 0. The minimum absolute atomic E-state index is 0.248. The highest BCUT2D eigenvalue weighted by Gasteiger charge is 2.18. The Labute approximate surface area is 284 Å². The van der Waals surface area contributed by atoms with Crippen molar-refractivity contribution < 1.29 is 9.84 Å². The number of aromatic hydroxyl groups is 1. The van der Waals surface area contributed by atoms with Crippen molar-refractivity contribution in [3.8, 4) is 56.5 Å². The first-order chi connectivity index (χ1) is 24.1. The van der Waals surface area contributed by atoms with E-state index in [1.165, 1.54) is 21.7 Å². The lowest BCUT2D eigenvalue weighted by Crippen LogP contribution is -1.98. The fourth-order valence-corrected chi connectivity index (χ4v) is 7.12. The van der Waals surface area contributed by atoms with Crippen LogP contribution in [0.15, 0.2) is 170 Å². The van der Waals surface area contributed by atoms with Gasteiger partial charge in [-0.2, -0.15) is 0 Å². The molecule has 4 nitrogen and oxygen atoms in total. The Morgan fingerprint density at radius 3 is 1.69 bits per heavy atom. The zero-order chi connectivity index (χ0) is 32.9. The summed E-state index contributed by atoms with van der Waals surface area (Å²) < 4.78 is 10.2. The van der Waals surface area contributed by atoms with Gasteiger partial charge >= 0.3 is 0 Å². The molecule has 0 spiro atoms. The third-order valence-electron chi connectivity index (χ3n) is 9.52. The Morgan fingerprint density at radius 2 is 1.02 bits per heavy atom. The molecule has 9 aromatic rings. The molecule has 0 aliphatic carbocycles. The predicted octanol–water partition coefficient (Wildman–Crippen LogP) is 11.4. The molecule has 4 heteroatoms. The van der Waals surface area contributed by atoms with Gasteiger partial charge in [0.25, 0.3) is 0 Å². The van der Waals surface area contributed by atoms with Crippen LogP contribution < -0.4 is 4.74 Å². The van der Waals surface area contributed by atoms with E-state index in [0.29, 0.717) is 0 Å². The highest BCUT2D eigenvalue weighted by atomic mass is 16.5. The molecule has 0 aliphatic rings. The van der Waals surface area contributed by atoms with Gasteiger partial charge in [0, 0.05) is 27.7 Å². The van der Waals surface area contributed by atoms with Gasteiger partial charge in [0.2, 0.25) is 0 Å². The fraction of sp³-hybridized carbons (Fsp3) is 0.0222. The summed E-state index contributed by atoms with van der Waals surface area (Å²) in [5.74, 6) is 1.07. The summed E-state index contributed by atoms with van der Waals surface area (Å²) in [5, 5.41) is 14.8. The van der Waals surface area contributed by atoms with Crippen LogP contribution in [0.1, 0.15) is 0 Å². The molecule has 2 heterocycles. The lowest BCUT2D eigenvalue weighted by molar-refractivity contribution is 0.415. The molecule has 0 aliphatic heterocycles. The van der Waals surface area contributed by atoms with Gasteiger partial charge in [0.15, 0.2) is 0 Å². The SMILES string of the molecule is COc1ccc(-n2c(-c3cccc4ccccc34)cc3ccc(-c4ccc5cc(-c6ccccc6)n(-c6ccc(O)cc6)c5c4)cc32)cc1. The second-order valence-corrected chi connectivity index (χ2v) is 12.4. The van der Waals surface area contributed by atoms with E-state index < -0.39 is 0 Å². The number of hydrogen-bond acceptors (Lipinski definition) is 2. The first-order valence-corrected chi connectivity index (χ1v) is 16.4. The zero-order valence-electron chi connectivity index (χ0n) is 26.9. The first kappa shape index (κ1) is 28.7. The number of aromatic nitrogens is 2. The summed E-state index contributed by atoms with van der Waals surface area (Å²) >= 11 is 0. The van der Waals surface area contributed by atoms with Crippen LogP contribution in [-0.2, 0) is 0 Å². The van der Waals surface area contributed by atoms with Gasteiger partial charge in [-0.05, 0) is 100 Å². The van der Waals surface area contributed by atoms with Crippen LogP contribution in [0.5, 0.6) is 11.5 Å². The van der Waals surface area contributed by atoms with Crippen molar-refractivity contribution in [3.63, 3.8) is 0 Å². The van der Waals surface area contributed by atoms with Gasteiger partial charge in [-0.1, -0.05) is 97.1 Å². The Morgan fingerprint density at radius 1 is 0.449 bits per heavy atom. The standard InChI is InChI=1S/C45H32N2O2/c1-49-39-24-20-37(21-25-39)47-44-27-33(15-17-35(44)29-45(47)41-13-7-11-30-8-5-6-12-40(30)41)32-14-16-34-28-42(31-9-3-2-4-10-31)46(43(34)26-32)36-18-22-38(48)23-19-36/h2-29,48H,1H3. The van der Waals surface area contributed by atoms with Gasteiger partial charge in [0.05, 0.1) is 29.5 Å². The minimum Gasteiger partial charge on any atom is -0.508 e. The Balaban J connectivity index is 1.26. The molecule has 0 bridgehead atoms. The highest BCUT2D eigenvalue weighted by molar-refractivity contribution is 6.01. The van der Waals surface area contributed by atoms with Gasteiger partial charge < -0.3 is 19.0 Å². The molecule has 49 heavy (non-hydrogen) atoms. The number of fused-ring (bicyclic) bond motifs is 3. The van der Waals surface area contributed by atoms with Crippen molar-refractivity contribution in [2.75, 3.05) is 7.11 Å². The number of nitrogens with zero attached hydrogens (tertiary/aromatic N) is 2. The minimum atomic E-state index is 0.248. The van der Waals surface area contributed by atoms with Gasteiger partial charge in [-0.3, -0.25) is 0 Å². The van der Waals surface area contributed by atoms with E-state index in [1.807, 2.05) is 30.3 Å². The van der Waals surface area contributed by atoms with Crippen LogP contribution in [0.3, 0.4) is 0 Å². The molecule has 2 aromatic heterocycles. The van der Waals surface area contributed by atoms with E-state index >= 15 is 0 Å². The largest absolute Gasteiger partial charge is 0.508 e. The normalized spacial score (nSPS) is 11.4. The molecule has 0 amide bonds. The number of methoxy groups -OCH3 is 1. The first-order valence-electron chi connectivity index (χ1n) is 16.4. The van der Waals surface area contributed by atoms with Crippen LogP contribution in [0, 0.1) is 0 Å². The molecule has 0 saturated heterocycles. The molecule has 234 valence electrons. The summed E-state index contributed by atoms with van der Waals surface area (Å²) in [7, 11) is 1.70. The van der Waals surface area contributed by atoms with Crippen LogP contribution in [-0.4, -0.2) is 21.4 Å². The Bertz CT molecular complexity index is 2620. The van der Waals surface area contributed by atoms with Crippen molar-refractivity contribution in [2.45, 2.75) is 0 Å². The molecule has 0 unspecified atom stereocenters. The van der Waals surface area contributed by atoms with Crippen LogP contribution in [0.2, 0.25) is 0 Å². The average molecular weight is 633 g/mol. The maximum atomic E-state index is 10.1. The molecular weight excluding hydrogens is 601 g/mol. The molecule has 9 rings (SSSR count). The Kier molecular flexibility index (Phi) is 6.80. The lowest BCUT2D eigenvalue weighted by Gasteiger charge is -2.14.